The first-order chi connectivity index (χ1) is 9.56. The Hall–Kier alpha value is -1.84. The molecule has 9 heteroatoms. The summed E-state index contributed by atoms with van der Waals surface area (Å²) in [7, 11) is -3.54. The number of nitrogens with one attached hydrogen (secondary N) is 1. The Bertz CT molecular complexity index is 824. The molecule has 1 N–H and O–H groups in total. The Balaban J connectivity index is 1.80. The summed E-state index contributed by atoms with van der Waals surface area (Å²) in [4.78, 5) is 0.915. The van der Waals surface area contributed by atoms with Crippen molar-refractivity contribution in [3.8, 4) is 0 Å². The van der Waals surface area contributed by atoms with E-state index in [1.807, 2.05) is 0 Å². The molecular weight excluding hydrogens is 298 g/mol. The molecule has 2 heterocycles. The fourth-order valence-corrected chi connectivity index (χ4v) is 3.84. The van der Waals surface area contributed by atoms with Crippen LogP contribution < -0.4 is 4.72 Å². The van der Waals surface area contributed by atoms with Crippen LogP contribution in [0.15, 0.2) is 35.5 Å². The van der Waals surface area contributed by atoms with Gasteiger partial charge in [-0.25, -0.2) is 13.1 Å². The van der Waals surface area contributed by atoms with E-state index in [1.165, 1.54) is 22.2 Å². The predicted octanol–water partition coefficient (Wildman–Crippen LogP) is 0.973. The summed E-state index contributed by atoms with van der Waals surface area (Å²) in [6.07, 6.45) is 1.48. The average Bonchev–Trinajstić information content (AvgIpc) is 2.97. The molecule has 0 fully saturated rings. The molecule has 104 valence electrons. The normalized spacial score (nSPS) is 12.1. The Kier molecular flexibility index (Phi) is 3.24. The second kappa shape index (κ2) is 4.93. The van der Waals surface area contributed by atoms with Gasteiger partial charge in [-0.3, -0.25) is 0 Å². The highest BCUT2D eigenvalue weighted by Crippen LogP contribution is 2.16. The van der Waals surface area contributed by atoms with E-state index in [0.717, 1.165) is 0 Å². The fraction of sp³-hybridized carbons (Fsp3) is 0.182. The standard InChI is InChI=1S/C11H11N5O2S2/c1-8-4-2-3-5-9(8)20(17,18)13-6-10-15-16-7-12-14-11(16)19-10/h2-5,7,13H,6H2,1H3. The number of hydrogen-bond acceptors (Lipinski definition) is 6. The quantitative estimate of drug-likeness (QED) is 0.776. The molecule has 0 aliphatic rings. The van der Waals surface area contributed by atoms with Crippen LogP contribution in [0.2, 0.25) is 0 Å². The number of rotatable bonds is 4. The minimum atomic E-state index is -3.54. The molecule has 1 aromatic carbocycles. The molecule has 0 radical (unpaired) electrons. The average molecular weight is 309 g/mol. The van der Waals surface area contributed by atoms with Gasteiger partial charge in [0.05, 0.1) is 11.4 Å². The monoisotopic (exact) mass is 309 g/mol. The summed E-state index contributed by atoms with van der Waals surface area (Å²) in [6, 6.07) is 6.84. The lowest BCUT2D eigenvalue weighted by Crippen LogP contribution is -2.24. The minimum absolute atomic E-state index is 0.130. The molecule has 0 spiro atoms. The molecule has 3 rings (SSSR count). The minimum Gasteiger partial charge on any atom is -0.207 e. The summed E-state index contributed by atoms with van der Waals surface area (Å²) in [5, 5.41) is 12.3. The van der Waals surface area contributed by atoms with Gasteiger partial charge < -0.3 is 0 Å². The van der Waals surface area contributed by atoms with Crippen molar-refractivity contribution >= 4 is 26.3 Å². The molecule has 0 saturated heterocycles. The summed E-state index contributed by atoms with van der Waals surface area (Å²) >= 11 is 1.30. The van der Waals surface area contributed by atoms with E-state index in [9.17, 15) is 8.42 Å². The van der Waals surface area contributed by atoms with E-state index in [1.54, 1.807) is 31.2 Å². The van der Waals surface area contributed by atoms with Crippen LogP contribution in [0, 0.1) is 6.92 Å². The molecular formula is C11H11N5O2S2. The van der Waals surface area contributed by atoms with Gasteiger partial charge in [0.2, 0.25) is 15.0 Å². The first-order valence-electron chi connectivity index (χ1n) is 5.77. The van der Waals surface area contributed by atoms with Crippen LogP contribution in [0.25, 0.3) is 4.96 Å². The van der Waals surface area contributed by atoms with Crippen LogP contribution in [0.5, 0.6) is 0 Å². The highest BCUT2D eigenvalue weighted by atomic mass is 32.2. The van der Waals surface area contributed by atoms with Gasteiger partial charge in [0.25, 0.3) is 0 Å². The Morgan fingerprint density at radius 2 is 2.15 bits per heavy atom. The van der Waals surface area contributed by atoms with Crippen LogP contribution in [-0.2, 0) is 16.6 Å². The van der Waals surface area contributed by atoms with E-state index in [-0.39, 0.29) is 11.4 Å². The third kappa shape index (κ3) is 2.42. The highest BCUT2D eigenvalue weighted by molar-refractivity contribution is 7.89. The summed E-state index contributed by atoms with van der Waals surface area (Å²) in [6.45, 7) is 1.89. The lowest BCUT2D eigenvalue weighted by atomic mass is 10.2. The van der Waals surface area contributed by atoms with Crippen molar-refractivity contribution in [2.75, 3.05) is 0 Å². The van der Waals surface area contributed by atoms with Gasteiger partial charge in [-0.15, -0.1) is 10.2 Å². The molecule has 0 unspecified atom stereocenters. The van der Waals surface area contributed by atoms with Crippen LogP contribution in [0.4, 0.5) is 0 Å². The van der Waals surface area contributed by atoms with Crippen molar-refractivity contribution in [1.29, 1.82) is 0 Å². The number of aromatic nitrogens is 4. The molecule has 0 bridgehead atoms. The second-order valence-corrected chi connectivity index (χ2v) is 6.92. The third-order valence-electron chi connectivity index (χ3n) is 2.73. The summed E-state index contributed by atoms with van der Waals surface area (Å²) < 4.78 is 28.5. The molecule has 2 aromatic heterocycles. The SMILES string of the molecule is Cc1ccccc1S(=O)(=O)NCc1nn2cnnc2s1. The van der Waals surface area contributed by atoms with Crippen molar-refractivity contribution in [2.24, 2.45) is 0 Å². The molecule has 3 aromatic rings. The topological polar surface area (TPSA) is 89.2 Å². The third-order valence-corrected chi connectivity index (χ3v) is 5.20. The van der Waals surface area contributed by atoms with Crippen molar-refractivity contribution < 1.29 is 8.42 Å². The Morgan fingerprint density at radius 3 is 2.90 bits per heavy atom. The van der Waals surface area contributed by atoms with Crippen molar-refractivity contribution in [1.82, 2.24) is 24.5 Å². The van der Waals surface area contributed by atoms with Gasteiger partial charge in [0.15, 0.2) is 0 Å². The van der Waals surface area contributed by atoms with E-state index < -0.39 is 10.0 Å². The Morgan fingerprint density at radius 1 is 1.35 bits per heavy atom. The second-order valence-electron chi connectivity index (χ2n) is 4.14. The molecule has 20 heavy (non-hydrogen) atoms. The van der Waals surface area contributed by atoms with Gasteiger partial charge in [0.1, 0.15) is 11.3 Å². The van der Waals surface area contributed by atoms with Crippen molar-refractivity contribution in [3.05, 3.63) is 41.2 Å². The zero-order valence-corrected chi connectivity index (χ0v) is 12.1. The van der Waals surface area contributed by atoms with Gasteiger partial charge >= 0.3 is 0 Å². The number of fused-ring (bicyclic) bond motifs is 1. The van der Waals surface area contributed by atoms with Gasteiger partial charge in [-0.05, 0) is 18.6 Å². The van der Waals surface area contributed by atoms with Gasteiger partial charge in [0, 0.05) is 0 Å². The number of benzene rings is 1. The molecule has 0 aliphatic heterocycles. The van der Waals surface area contributed by atoms with E-state index in [2.05, 4.69) is 20.0 Å². The maximum Gasteiger partial charge on any atom is 0.241 e. The first-order valence-corrected chi connectivity index (χ1v) is 8.07. The van der Waals surface area contributed by atoms with Crippen molar-refractivity contribution in [2.45, 2.75) is 18.4 Å². The van der Waals surface area contributed by atoms with Gasteiger partial charge in [-0.2, -0.15) is 9.61 Å². The van der Waals surface area contributed by atoms with Crippen LogP contribution in [0.3, 0.4) is 0 Å². The zero-order chi connectivity index (χ0) is 14.2. The number of sulfonamides is 1. The molecule has 0 atom stereocenters. The van der Waals surface area contributed by atoms with Gasteiger partial charge in [-0.1, -0.05) is 29.5 Å². The van der Waals surface area contributed by atoms with E-state index in [0.29, 0.717) is 15.5 Å². The number of aryl methyl sites for hydroxylation is 1. The molecule has 0 saturated carbocycles. The highest BCUT2D eigenvalue weighted by Gasteiger charge is 2.17. The van der Waals surface area contributed by atoms with Crippen LogP contribution in [0.1, 0.15) is 10.6 Å². The van der Waals surface area contributed by atoms with E-state index >= 15 is 0 Å². The lowest BCUT2D eigenvalue weighted by molar-refractivity contribution is 0.580. The lowest BCUT2D eigenvalue weighted by Gasteiger charge is -2.07. The van der Waals surface area contributed by atoms with Crippen LogP contribution in [-0.4, -0.2) is 28.2 Å². The van der Waals surface area contributed by atoms with E-state index in [4.69, 9.17) is 0 Å². The van der Waals surface area contributed by atoms with Crippen molar-refractivity contribution in [3.63, 3.8) is 0 Å². The number of nitrogens with zero attached hydrogens (tertiary/aromatic N) is 4. The summed E-state index contributed by atoms with van der Waals surface area (Å²) in [5.41, 5.74) is 0.707. The smallest absolute Gasteiger partial charge is 0.207 e. The first kappa shape index (κ1) is 13.2. The largest absolute Gasteiger partial charge is 0.241 e. The zero-order valence-electron chi connectivity index (χ0n) is 10.5. The predicted molar refractivity (Wildman–Crippen MR) is 73.9 cm³/mol. The fourth-order valence-electron chi connectivity index (χ4n) is 1.76. The summed E-state index contributed by atoms with van der Waals surface area (Å²) in [5.74, 6) is 0. The molecule has 0 aliphatic carbocycles. The maximum absolute atomic E-state index is 12.2. The Labute approximate surface area is 119 Å². The number of hydrogen-bond donors (Lipinski definition) is 1. The molecule has 7 nitrogen and oxygen atoms in total. The maximum atomic E-state index is 12.2. The molecule has 0 amide bonds. The van der Waals surface area contributed by atoms with Crippen LogP contribution >= 0.6 is 11.3 Å².